The van der Waals surface area contributed by atoms with Crippen LogP contribution in [0.15, 0.2) is 33.3 Å². The van der Waals surface area contributed by atoms with Crippen LogP contribution in [-0.2, 0) is 5.88 Å². The Labute approximate surface area is 107 Å². The van der Waals surface area contributed by atoms with Gasteiger partial charge in [0.2, 0.25) is 5.89 Å². The lowest BCUT2D eigenvalue weighted by Crippen LogP contribution is -1.86. The third-order valence-electron chi connectivity index (χ3n) is 2.09. The smallest absolute Gasteiger partial charge is 0.209 e. The fourth-order valence-electron chi connectivity index (χ4n) is 1.37. The summed E-state index contributed by atoms with van der Waals surface area (Å²) < 4.78 is 11.7. The van der Waals surface area contributed by atoms with Crippen LogP contribution in [0.3, 0.4) is 0 Å². The monoisotopic (exact) mass is 301 g/mol. The lowest BCUT2D eigenvalue weighted by molar-refractivity contribution is 0.414. The molecule has 84 valence electrons. The Morgan fingerprint density at radius 2 is 2.31 bits per heavy atom. The molecule has 0 fully saturated rings. The summed E-state index contributed by atoms with van der Waals surface area (Å²) in [5.41, 5.74) is 0.848. The number of ether oxygens (including phenoxy) is 1. The van der Waals surface area contributed by atoms with Crippen molar-refractivity contribution in [3.05, 3.63) is 34.8 Å². The minimum atomic E-state index is 0.260. The average molecular weight is 303 g/mol. The lowest BCUT2D eigenvalue weighted by atomic mass is 10.1. The second-order valence-corrected chi connectivity index (χ2v) is 4.28. The predicted molar refractivity (Wildman–Crippen MR) is 65.7 cm³/mol. The van der Waals surface area contributed by atoms with Crippen LogP contribution in [0.5, 0.6) is 5.75 Å². The molecule has 1 aromatic carbocycles. The van der Waals surface area contributed by atoms with Gasteiger partial charge in [0.05, 0.1) is 24.8 Å². The first-order chi connectivity index (χ1) is 7.74. The highest BCUT2D eigenvalue weighted by Gasteiger charge is 2.11. The van der Waals surface area contributed by atoms with E-state index in [0.29, 0.717) is 11.7 Å². The van der Waals surface area contributed by atoms with Crippen LogP contribution in [0.25, 0.3) is 11.3 Å². The van der Waals surface area contributed by atoms with E-state index in [4.69, 9.17) is 20.8 Å². The second kappa shape index (κ2) is 4.89. The maximum absolute atomic E-state index is 5.64. The van der Waals surface area contributed by atoms with Crippen LogP contribution < -0.4 is 4.74 Å². The lowest BCUT2D eigenvalue weighted by Gasteiger charge is -2.05. The molecule has 0 unspecified atom stereocenters. The number of benzene rings is 1. The van der Waals surface area contributed by atoms with E-state index in [2.05, 4.69) is 20.9 Å². The molecule has 0 amide bonds. The highest BCUT2D eigenvalue weighted by molar-refractivity contribution is 9.10. The molecule has 0 N–H and O–H groups in total. The topological polar surface area (TPSA) is 35.3 Å². The number of hydrogen-bond acceptors (Lipinski definition) is 3. The van der Waals surface area contributed by atoms with Crippen molar-refractivity contribution in [3.63, 3.8) is 0 Å². The van der Waals surface area contributed by atoms with Gasteiger partial charge in [-0.1, -0.05) is 15.9 Å². The van der Waals surface area contributed by atoms with Gasteiger partial charge in [0.25, 0.3) is 0 Å². The summed E-state index contributed by atoms with van der Waals surface area (Å²) in [5.74, 6) is 2.14. The van der Waals surface area contributed by atoms with Crippen molar-refractivity contribution in [2.45, 2.75) is 5.88 Å². The summed E-state index contributed by atoms with van der Waals surface area (Å²) in [7, 11) is 1.62. The Kier molecular flexibility index (Phi) is 3.51. The van der Waals surface area contributed by atoms with Gasteiger partial charge in [0.1, 0.15) is 5.75 Å². The third-order valence-corrected chi connectivity index (χ3v) is 2.82. The van der Waals surface area contributed by atoms with E-state index in [1.54, 1.807) is 13.3 Å². The van der Waals surface area contributed by atoms with E-state index in [-0.39, 0.29) is 5.88 Å². The van der Waals surface area contributed by atoms with Crippen molar-refractivity contribution in [2.75, 3.05) is 7.11 Å². The molecule has 0 aliphatic rings. The Morgan fingerprint density at radius 3 is 2.94 bits per heavy atom. The molecular formula is C11H9BrClNO2. The summed E-state index contributed by atoms with van der Waals surface area (Å²) in [6, 6.07) is 5.68. The zero-order valence-electron chi connectivity index (χ0n) is 8.54. The Morgan fingerprint density at radius 1 is 1.50 bits per heavy atom. The molecule has 0 radical (unpaired) electrons. The number of aromatic nitrogens is 1. The zero-order valence-corrected chi connectivity index (χ0v) is 10.9. The molecule has 16 heavy (non-hydrogen) atoms. The number of oxazole rings is 1. The molecule has 5 heteroatoms. The van der Waals surface area contributed by atoms with E-state index < -0.39 is 0 Å². The molecule has 0 aliphatic carbocycles. The predicted octanol–water partition coefficient (Wildman–Crippen LogP) is 3.85. The molecule has 0 atom stereocenters. The average Bonchev–Trinajstić information content (AvgIpc) is 2.77. The molecular weight excluding hydrogens is 293 g/mol. The van der Waals surface area contributed by atoms with Crippen molar-refractivity contribution in [2.24, 2.45) is 0 Å². The van der Waals surface area contributed by atoms with Gasteiger partial charge in [-0.15, -0.1) is 11.6 Å². The maximum Gasteiger partial charge on any atom is 0.209 e. The highest BCUT2D eigenvalue weighted by Crippen LogP contribution is 2.33. The molecule has 1 aromatic heterocycles. The summed E-state index contributed by atoms with van der Waals surface area (Å²) in [5, 5.41) is 0. The normalized spacial score (nSPS) is 10.4. The number of alkyl halides is 1. The molecule has 0 aliphatic heterocycles. The van der Waals surface area contributed by atoms with Crippen molar-refractivity contribution in [1.29, 1.82) is 0 Å². The van der Waals surface area contributed by atoms with Gasteiger partial charge >= 0.3 is 0 Å². The molecule has 3 nitrogen and oxygen atoms in total. The zero-order chi connectivity index (χ0) is 11.5. The second-order valence-electron chi connectivity index (χ2n) is 3.10. The van der Waals surface area contributed by atoms with Crippen LogP contribution >= 0.6 is 27.5 Å². The van der Waals surface area contributed by atoms with Crippen LogP contribution in [0.4, 0.5) is 0 Å². The number of nitrogens with zero attached hydrogens (tertiary/aromatic N) is 1. The van der Waals surface area contributed by atoms with E-state index in [1.165, 1.54) is 0 Å². The minimum Gasteiger partial charge on any atom is -0.496 e. The fourth-order valence-corrected chi connectivity index (χ4v) is 1.85. The SMILES string of the molecule is COc1ccc(Br)cc1-c1cnc(CCl)o1. The van der Waals surface area contributed by atoms with Gasteiger partial charge in [-0.3, -0.25) is 0 Å². The van der Waals surface area contributed by atoms with Crippen LogP contribution in [0.1, 0.15) is 5.89 Å². The van der Waals surface area contributed by atoms with Crippen molar-refractivity contribution < 1.29 is 9.15 Å². The van der Waals surface area contributed by atoms with Crippen molar-refractivity contribution >= 4 is 27.5 Å². The highest BCUT2D eigenvalue weighted by atomic mass is 79.9. The fraction of sp³-hybridized carbons (Fsp3) is 0.182. The first kappa shape index (κ1) is 11.5. The molecule has 2 aromatic rings. The quantitative estimate of drug-likeness (QED) is 0.808. The van der Waals surface area contributed by atoms with Crippen LogP contribution in [-0.4, -0.2) is 12.1 Å². The standard InChI is InChI=1S/C11H9BrClNO2/c1-15-9-3-2-7(12)4-8(9)10-6-14-11(5-13)16-10/h2-4,6H,5H2,1H3. The van der Waals surface area contributed by atoms with Crippen molar-refractivity contribution in [3.8, 4) is 17.1 Å². The van der Waals surface area contributed by atoms with Gasteiger partial charge < -0.3 is 9.15 Å². The number of rotatable bonds is 3. The third kappa shape index (κ3) is 2.23. The Hall–Kier alpha value is -1.00. The molecule has 1 heterocycles. The minimum absolute atomic E-state index is 0.260. The molecule has 0 saturated heterocycles. The Bertz CT molecular complexity index is 498. The van der Waals surface area contributed by atoms with E-state index >= 15 is 0 Å². The number of halogens is 2. The first-order valence-electron chi connectivity index (χ1n) is 4.59. The Balaban J connectivity index is 2.49. The van der Waals surface area contributed by atoms with E-state index in [0.717, 1.165) is 15.8 Å². The van der Waals surface area contributed by atoms with Crippen LogP contribution in [0.2, 0.25) is 0 Å². The van der Waals surface area contributed by atoms with Crippen LogP contribution in [0, 0.1) is 0 Å². The molecule has 0 spiro atoms. The van der Waals surface area contributed by atoms with E-state index in [1.807, 2.05) is 18.2 Å². The summed E-state index contributed by atoms with van der Waals surface area (Å²) in [4.78, 5) is 4.05. The van der Waals surface area contributed by atoms with Gasteiger partial charge in [-0.05, 0) is 18.2 Å². The van der Waals surface area contributed by atoms with E-state index in [9.17, 15) is 0 Å². The summed E-state index contributed by atoms with van der Waals surface area (Å²) >= 11 is 9.04. The molecule has 0 saturated carbocycles. The molecule has 0 bridgehead atoms. The molecule has 2 rings (SSSR count). The number of hydrogen-bond donors (Lipinski definition) is 0. The summed E-state index contributed by atoms with van der Waals surface area (Å²) in [6.45, 7) is 0. The van der Waals surface area contributed by atoms with Gasteiger partial charge in [0.15, 0.2) is 5.76 Å². The number of methoxy groups -OCH3 is 1. The maximum atomic E-state index is 5.64. The van der Waals surface area contributed by atoms with Crippen molar-refractivity contribution in [1.82, 2.24) is 4.98 Å². The first-order valence-corrected chi connectivity index (χ1v) is 5.92. The largest absolute Gasteiger partial charge is 0.496 e. The summed E-state index contributed by atoms with van der Waals surface area (Å²) in [6.07, 6.45) is 1.64. The van der Waals surface area contributed by atoms with Gasteiger partial charge in [-0.25, -0.2) is 4.98 Å². The van der Waals surface area contributed by atoms with Gasteiger partial charge in [0, 0.05) is 4.47 Å². The van der Waals surface area contributed by atoms with Gasteiger partial charge in [-0.2, -0.15) is 0 Å².